The molecule has 0 bridgehead atoms. The van der Waals surface area contributed by atoms with Gasteiger partial charge in [0.25, 0.3) is 0 Å². The number of methoxy groups -OCH3 is 1. The standard InChI is InChI=1S/C17H21F3N2O3/c1-24-13-4-5-15(14(8-13)17(18,19)20)21-16(23)22(12-2-3-12)9-11-6-7-25-10-11/h4-5,8,11-12H,2-3,6-7,9-10H2,1H3,(H,21,23)/t11-/m1/s1. The first-order chi connectivity index (χ1) is 11.9. The fraction of sp³-hybridized carbons (Fsp3) is 0.588. The number of carbonyl (C=O) groups is 1. The third-order valence-electron chi connectivity index (χ3n) is 4.50. The SMILES string of the molecule is COc1ccc(NC(=O)N(C[C@H]2CCOC2)C2CC2)c(C(F)(F)F)c1. The zero-order valence-corrected chi connectivity index (χ0v) is 13.9. The number of hydrogen-bond acceptors (Lipinski definition) is 3. The van der Waals surface area contributed by atoms with Gasteiger partial charge in [-0.1, -0.05) is 0 Å². The minimum atomic E-state index is -4.58. The maximum Gasteiger partial charge on any atom is 0.418 e. The lowest BCUT2D eigenvalue weighted by atomic mass is 10.1. The van der Waals surface area contributed by atoms with Crippen molar-refractivity contribution in [2.75, 3.05) is 32.2 Å². The molecule has 1 saturated heterocycles. The molecule has 8 heteroatoms. The molecule has 2 aliphatic rings. The van der Waals surface area contributed by atoms with Gasteiger partial charge in [-0.05, 0) is 37.5 Å². The second-order valence-corrected chi connectivity index (χ2v) is 6.45. The Balaban J connectivity index is 1.76. The van der Waals surface area contributed by atoms with Crippen LogP contribution in [0.3, 0.4) is 0 Å². The molecule has 1 aliphatic heterocycles. The van der Waals surface area contributed by atoms with E-state index in [1.165, 1.54) is 19.2 Å². The summed E-state index contributed by atoms with van der Waals surface area (Å²) in [6, 6.07) is 3.13. The Hall–Kier alpha value is -1.96. The average Bonchev–Trinajstić information content (AvgIpc) is 3.27. The first-order valence-electron chi connectivity index (χ1n) is 8.29. The van der Waals surface area contributed by atoms with E-state index in [2.05, 4.69) is 5.32 Å². The highest BCUT2D eigenvalue weighted by molar-refractivity contribution is 5.91. The fourth-order valence-electron chi connectivity index (χ4n) is 2.97. The van der Waals surface area contributed by atoms with Gasteiger partial charge in [0.2, 0.25) is 0 Å². The van der Waals surface area contributed by atoms with Crippen molar-refractivity contribution in [3.63, 3.8) is 0 Å². The van der Waals surface area contributed by atoms with Crippen LogP contribution >= 0.6 is 0 Å². The molecular weight excluding hydrogens is 337 g/mol. The predicted octanol–water partition coefficient (Wildman–Crippen LogP) is 3.75. The molecular formula is C17H21F3N2O3. The molecule has 2 fully saturated rings. The van der Waals surface area contributed by atoms with Gasteiger partial charge in [-0.25, -0.2) is 4.79 Å². The third kappa shape index (κ3) is 4.36. The summed E-state index contributed by atoms with van der Waals surface area (Å²) in [6.07, 6.45) is -1.95. The van der Waals surface area contributed by atoms with Crippen molar-refractivity contribution in [2.24, 2.45) is 5.92 Å². The lowest BCUT2D eigenvalue weighted by Crippen LogP contribution is -2.40. The number of benzene rings is 1. The molecule has 1 aliphatic carbocycles. The molecule has 2 amide bonds. The zero-order chi connectivity index (χ0) is 18.0. The fourth-order valence-corrected chi connectivity index (χ4v) is 2.97. The summed E-state index contributed by atoms with van der Waals surface area (Å²) >= 11 is 0. The van der Waals surface area contributed by atoms with Crippen LogP contribution in [0.5, 0.6) is 5.75 Å². The number of nitrogens with zero attached hydrogens (tertiary/aromatic N) is 1. The van der Waals surface area contributed by atoms with Gasteiger partial charge in [-0.15, -0.1) is 0 Å². The Morgan fingerprint density at radius 2 is 2.12 bits per heavy atom. The number of hydrogen-bond donors (Lipinski definition) is 1. The molecule has 25 heavy (non-hydrogen) atoms. The van der Waals surface area contributed by atoms with Gasteiger partial charge in [0.05, 0.1) is 25.0 Å². The summed E-state index contributed by atoms with van der Waals surface area (Å²) in [6.45, 7) is 1.77. The highest BCUT2D eigenvalue weighted by Crippen LogP contribution is 2.38. The number of halogens is 3. The van der Waals surface area contributed by atoms with Gasteiger partial charge in [0, 0.05) is 25.1 Å². The third-order valence-corrected chi connectivity index (χ3v) is 4.50. The molecule has 1 aromatic rings. The quantitative estimate of drug-likeness (QED) is 0.872. The van der Waals surface area contributed by atoms with Crippen molar-refractivity contribution < 1.29 is 27.4 Å². The highest BCUT2D eigenvalue weighted by atomic mass is 19.4. The number of amides is 2. The molecule has 5 nitrogen and oxygen atoms in total. The van der Waals surface area contributed by atoms with Gasteiger partial charge in [-0.3, -0.25) is 0 Å². The van der Waals surface area contributed by atoms with E-state index in [9.17, 15) is 18.0 Å². The van der Waals surface area contributed by atoms with E-state index >= 15 is 0 Å². The molecule has 0 spiro atoms. The van der Waals surface area contributed by atoms with Gasteiger partial charge >= 0.3 is 12.2 Å². The number of alkyl halides is 3. The van der Waals surface area contributed by atoms with E-state index in [4.69, 9.17) is 9.47 Å². The van der Waals surface area contributed by atoms with Gasteiger partial charge in [-0.2, -0.15) is 13.2 Å². The number of carbonyl (C=O) groups excluding carboxylic acids is 1. The summed E-state index contributed by atoms with van der Waals surface area (Å²) in [4.78, 5) is 14.2. The number of anilines is 1. The van der Waals surface area contributed by atoms with Crippen LogP contribution in [0.2, 0.25) is 0 Å². The maximum absolute atomic E-state index is 13.3. The van der Waals surface area contributed by atoms with Gasteiger partial charge < -0.3 is 19.7 Å². The molecule has 1 heterocycles. The second-order valence-electron chi connectivity index (χ2n) is 6.45. The Bertz CT molecular complexity index is 626. The average molecular weight is 358 g/mol. The van der Waals surface area contributed by atoms with Gasteiger partial charge in [0.1, 0.15) is 5.75 Å². The first kappa shape index (κ1) is 17.8. The first-order valence-corrected chi connectivity index (χ1v) is 8.29. The highest BCUT2D eigenvalue weighted by Gasteiger charge is 2.37. The lowest BCUT2D eigenvalue weighted by Gasteiger charge is -2.26. The van der Waals surface area contributed by atoms with E-state index in [1.54, 1.807) is 4.90 Å². The normalized spacial score (nSPS) is 20.4. The van der Waals surface area contributed by atoms with Crippen LogP contribution in [-0.2, 0) is 10.9 Å². The second kappa shape index (κ2) is 7.11. The van der Waals surface area contributed by atoms with Crippen LogP contribution in [0.1, 0.15) is 24.8 Å². The molecule has 0 radical (unpaired) electrons. The van der Waals surface area contributed by atoms with Crippen LogP contribution < -0.4 is 10.1 Å². The summed E-state index contributed by atoms with van der Waals surface area (Å²) < 4.78 is 50.0. The van der Waals surface area contributed by atoms with Crippen LogP contribution in [0.15, 0.2) is 18.2 Å². The largest absolute Gasteiger partial charge is 0.497 e. The van der Waals surface area contributed by atoms with Crippen LogP contribution in [0.25, 0.3) is 0 Å². The minimum Gasteiger partial charge on any atom is -0.497 e. The zero-order valence-electron chi connectivity index (χ0n) is 13.9. The molecule has 1 N–H and O–H groups in total. The van der Waals surface area contributed by atoms with Crippen molar-refractivity contribution in [3.8, 4) is 5.75 Å². The van der Waals surface area contributed by atoms with Crippen molar-refractivity contribution in [1.82, 2.24) is 4.90 Å². The van der Waals surface area contributed by atoms with Crippen molar-refractivity contribution in [3.05, 3.63) is 23.8 Å². The van der Waals surface area contributed by atoms with Crippen molar-refractivity contribution in [2.45, 2.75) is 31.5 Å². The monoisotopic (exact) mass is 358 g/mol. The van der Waals surface area contributed by atoms with Crippen molar-refractivity contribution >= 4 is 11.7 Å². The molecule has 1 saturated carbocycles. The predicted molar refractivity (Wildman–Crippen MR) is 85.7 cm³/mol. The minimum absolute atomic E-state index is 0.0903. The van der Waals surface area contributed by atoms with E-state index < -0.39 is 17.8 Å². The molecule has 3 rings (SSSR count). The van der Waals surface area contributed by atoms with E-state index in [-0.39, 0.29) is 23.4 Å². The molecule has 1 aromatic carbocycles. The Morgan fingerprint density at radius 1 is 1.36 bits per heavy atom. The number of ether oxygens (including phenoxy) is 2. The smallest absolute Gasteiger partial charge is 0.418 e. The van der Waals surface area contributed by atoms with E-state index in [0.717, 1.165) is 25.3 Å². The summed E-state index contributed by atoms with van der Waals surface area (Å²) in [5.74, 6) is 0.330. The molecule has 138 valence electrons. The summed E-state index contributed by atoms with van der Waals surface area (Å²) in [7, 11) is 1.30. The lowest BCUT2D eigenvalue weighted by molar-refractivity contribution is -0.137. The van der Waals surface area contributed by atoms with Gasteiger partial charge in [0.15, 0.2) is 0 Å². The number of rotatable bonds is 5. The Morgan fingerprint density at radius 3 is 2.68 bits per heavy atom. The topological polar surface area (TPSA) is 50.8 Å². The number of urea groups is 1. The van der Waals surface area contributed by atoms with Crippen LogP contribution in [-0.4, -0.2) is 43.8 Å². The molecule has 1 atom stereocenters. The molecule has 0 unspecified atom stereocenters. The summed E-state index contributed by atoms with van der Waals surface area (Å²) in [5, 5.41) is 2.43. The van der Waals surface area contributed by atoms with Crippen LogP contribution in [0.4, 0.5) is 23.7 Å². The number of nitrogens with one attached hydrogen (secondary N) is 1. The van der Waals surface area contributed by atoms with Crippen LogP contribution in [0, 0.1) is 5.92 Å². The molecule has 0 aromatic heterocycles. The summed E-state index contributed by atoms with van der Waals surface area (Å²) in [5.41, 5.74) is -1.17. The van der Waals surface area contributed by atoms with E-state index in [1.807, 2.05) is 0 Å². The van der Waals surface area contributed by atoms with E-state index in [0.29, 0.717) is 19.8 Å². The maximum atomic E-state index is 13.3. The Labute approximate surface area is 144 Å². The van der Waals surface area contributed by atoms with Crippen molar-refractivity contribution in [1.29, 1.82) is 0 Å². The Kier molecular flexibility index (Phi) is 5.08.